The molecule has 6 N–H and O–H groups in total. The number of hydrogen-bond acceptors (Lipinski definition) is 3. The van der Waals surface area contributed by atoms with Crippen molar-refractivity contribution in [3.05, 3.63) is 23.5 Å². The summed E-state index contributed by atoms with van der Waals surface area (Å²) in [7, 11) is 3.36. The van der Waals surface area contributed by atoms with E-state index in [1.165, 1.54) is 0 Å². The fraction of sp³-hybridized carbons (Fsp3) is 0.200. The van der Waals surface area contributed by atoms with E-state index in [9.17, 15) is 0 Å². The van der Waals surface area contributed by atoms with E-state index in [0.717, 1.165) is 11.1 Å². The summed E-state index contributed by atoms with van der Waals surface area (Å²) in [4.78, 5) is 9.47. The van der Waals surface area contributed by atoms with Crippen molar-refractivity contribution in [1.82, 2.24) is 15.8 Å². The first-order valence-electron chi connectivity index (χ1n) is 5.23. The highest BCUT2D eigenvalue weighted by Gasteiger charge is 1.98. The lowest BCUT2D eigenvalue weighted by Gasteiger charge is -1.95. The van der Waals surface area contributed by atoms with Gasteiger partial charge in [-0.3, -0.25) is 9.98 Å². The van der Waals surface area contributed by atoms with Gasteiger partial charge in [-0.15, -0.1) is 0 Å². The molecule has 1 aromatic heterocycles. The predicted octanol–water partition coefficient (Wildman–Crippen LogP) is -2.46. The number of aliphatic imine (C=N–C) groups is 1. The summed E-state index contributed by atoms with van der Waals surface area (Å²) < 4.78 is 0. The summed E-state index contributed by atoms with van der Waals surface area (Å²) in [6.45, 7) is 0. The summed E-state index contributed by atoms with van der Waals surface area (Å²) in [5.74, 6) is 0.252. The van der Waals surface area contributed by atoms with Gasteiger partial charge in [0.05, 0.1) is 19.5 Å². The first-order valence-corrected chi connectivity index (χ1v) is 5.23. The van der Waals surface area contributed by atoms with Crippen molar-refractivity contribution in [2.45, 2.75) is 0 Å². The van der Waals surface area contributed by atoms with Crippen molar-refractivity contribution in [2.75, 3.05) is 14.1 Å². The summed E-state index contributed by atoms with van der Waals surface area (Å²) in [5.41, 5.74) is 12.5. The summed E-state index contributed by atoms with van der Waals surface area (Å²) in [6, 6.07) is 0. The molecule has 96 valence electrons. The Bertz CT molecular complexity index is 468. The van der Waals surface area contributed by atoms with Crippen molar-refractivity contribution in [1.29, 1.82) is 0 Å². The number of nitrogens with zero attached hydrogens (tertiary/aromatic N) is 3. The Morgan fingerprint density at radius 2 is 2.00 bits per heavy atom. The predicted molar refractivity (Wildman–Crippen MR) is 72.7 cm³/mol. The molecule has 18 heavy (non-hydrogen) atoms. The lowest BCUT2D eigenvalue weighted by molar-refractivity contribution is -0.416. The maximum Gasteiger partial charge on any atom is 0.254 e. The second-order valence-corrected chi connectivity index (χ2v) is 3.17. The molecular formula is C10H17N8+. The van der Waals surface area contributed by atoms with E-state index in [1.807, 2.05) is 6.20 Å². The minimum atomic E-state index is 0.252. The van der Waals surface area contributed by atoms with E-state index < -0.39 is 0 Å². The molecule has 1 aromatic rings. The highest BCUT2D eigenvalue weighted by Crippen LogP contribution is 2.01. The third kappa shape index (κ3) is 4.47. The molecular weight excluding hydrogens is 232 g/mol. The van der Waals surface area contributed by atoms with Gasteiger partial charge in [-0.1, -0.05) is 5.10 Å². The zero-order valence-electron chi connectivity index (χ0n) is 10.3. The Morgan fingerprint density at radius 3 is 2.61 bits per heavy atom. The molecule has 0 saturated heterocycles. The topological polar surface area (TPSA) is 117 Å². The SMILES string of the molecule is CN=C(N)N/N=C/c1c[nH]cc1/C=N/NC=[NH+]C. The largest absolute Gasteiger partial charge is 0.369 e. The quantitative estimate of drug-likeness (QED) is 0.226. The third-order valence-corrected chi connectivity index (χ3v) is 1.92. The van der Waals surface area contributed by atoms with E-state index in [-0.39, 0.29) is 5.96 Å². The summed E-state index contributed by atoms with van der Waals surface area (Å²) in [6.07, 6.45) is 8.51. The normalized spacial score (nSPS) is 12.9. The van der Waals surface area contributed by atoms with Crippen LogP contribution in [0.1, 0.15) is 11.1 Å². The molecule has 0 aliphatic rings. The molecule has 0 aliphatic carbocycles. The van der Waals surface area contributed by atoms with Gasteiger partial charge in [-0.25, -0.2) is 5.43 Å². The molecule has 1 heterocycles. The molecule has 0 radical (unpaired) electrons. The van der Waals surface area contributed by atoms with Crippen LogP contribution in [0.15, 0.2) is 27.6 Å². The van der Waals surface area contributed by atoms with E-state index in [0.29, 0.717) is 0 Å². The summed E-state index contributed by atoms with van der Waals surface area (Å²) in [5, 5.41) is 7.92. The van der Waals surface area contributed by atoms with E-state index in [2.05, 4.69) is 36.0 Å². The zero-order valence-corrected chi connectivity index (χ0v) is 10.3. The van der Waals surface area contributed by atoms with Crippen molar-refractivity contribution in [2.24, 2.45) is 20.9 Å². The number of hydrogen-bond donors (Lipinski definition) is 5. The molecule has 0 aliphatic heterocycles. The van der Waals surface area contributed by atoms with Crippen LogP contribution in [-0.2, 0) is 0 Å². The van der Waals surface area contributed by atoms with Crippen LogP contribution < -0.4 is 21.6 Å². The van der Waals surface area contributed by atoms with Crippen molar-refractivity contribution in [3.63, 3.8) is 0 Å². The number of nitrogens with two attached hydrogens (primary N) is 1. The van der Waals surface area contributed by atoms with E-state index in [1.54, 1.807) is 39.1 Å². The van der Waals surface area contributed by atoms with E-state index >= 15 is 0 Å². The monoisotopic (exact) mass is 249 g/mol. The Labute approximate surface area is 105 Å². The number of rotatable bonds is 5. The first-order chi connectivity index (χ1) is 8.77. The molecule has 0 amide bonds. The highest BCUT2D eigenvalue weighted by atomic mass is 15.3. The van der Waals surface area contributed by atoms with Gasteiger partial charge < -0.3 is 10.7 Å². The smallest absolute Gasteiger partial charge is 0.254 e. The van der Waals surface area contributed by atoms with Crippen LogP contribution in [0, 0.1) is 0 Å². The number of guanidine groups is 1. The number of aromatic amines is 1. The number of aromatic nitrogens is 1. The van der Waals surface area contributed by atoms with Crippen LogP contribution in [0.2, 0.25) is 0 Å². The van der Waals surface area contributed by atoms with Gasteiger partial charge >= 0.3 is 0 Å². The second kappa shape index (κ2) is 7.60. The van der Waals surface area contributed by atoms with Crippen LogP contribution in [0.4, 0.5) is 0 Å². The molecule has 0 atom stereocenters. The summed E-state index contributed by atoms with van der Waals surface area (Å²) >= 11 is 0. The molecule has 0 unspecified atom stereocenters. The molecule has 0 bridgehead atoms. The van der Waals surface area contributed by atoms with Crippen LogP contribution in [-0.4, -0.2) is 43.8 Å². The van der Waals surface area contributed by atoms with Gasteiger partial charge in [-0.05, 0) is 0 Å². The van der Waals surface area contributed by atoms with Gasteiger partial charge in [0.1, 0.15) is 0 Å². The maximum absolute atomic E-state index is 5.43. The van der Waals surface area contributed by atoms with Crippen molar-refractivity contribution >= 4 is 24.7 Å². The van der Waals surface area contributed by atoms with Gasteiger partial charge in [0.15, 0.2) is 0 Å². The Morgan fingerprint density at radius 1 is 1.33 bits per heavy atom. The Balaban J connectivity index is 2.62. The van der Waals surface area contributed by atoms with Crippen LogP contribution >= 0.6 is 0 Å². The average molecular weight is 249 g/mol. The lowest BCUT2D eigenvalue weighted by atomic mass is 10.2. The van der Waals surface area contributed by atoms with Crippen LogP contribution in [0.25, 0.3) is 0 Å². The standard InChI is InChI=1S/C10H16N8/c1-12-7-17-15-5-8-3-14-4-9(8)6-16-18-10(11)13-2/h3-7,14H,1-2H3,(H,12,17)(H3,11,13,18)/p+1/b15-5+,16-6+. The molecule has 0 saturated carbocycles. The van der Waals surface area contributed by atoms with Gasteiger partial charge in [0.25, 0.3) is 6.34 Å². The molecule has 8 heteroatoms. The number of H-pyrrole nitrogens is 1. The fourth-order valence-electron chi connectivity index (χ4n) is 1.04. The van der Waals surface area contributed by atoms with Crippen LogP contribution in [0.5, 0.6) is 0 Å². The van der Waals surface area contributed by atoms with E-state index in [4.69, 9.17) is 5.73 Å². The van der Waals surface area contributed by atoms with Crippen molar-refractivity contribution < 1.29 is 4.99 Å². The minimum absolute atomic E-state index is 0.252. The maximum atomic E-state index is 5.43. The van der Waals surface area contributed by atoms with Crippen molar-refractivity contribution in [3.8, 4) is 0 Å². The minimum Gasteiger partial charge on any atom is -0.369 e. The molecule has 1 rings (SSSR count). The molecule has 8 nitrogen and oxygen atoms in total. The third-order valence-electron chi connectivity index (χ3n) is 1.92. The highest BCUT2D eigenvalue weighted by molar-refractivity contribution is 5.94. The fourth-order valence-corrected chi connectivity index (χ4v) is 1.04. The lowest BCUT2D eigenvalue weighted by Crippen LogP contribution is -2.65. The average Bonchev–Trinajstić information content (AvgIpc) is 2.82. The number of nitrogens with one attached hydrogen (secondary N) is 4. The van der Waals surface area contributed by atoms with Gasteiger partial charge in [0.2, 0.25) is 5.96 Å². The molecule has 0 spiro atoms. The molecule has 0 aromatic carbocycles. The van der Waals surface area contributed by atoms with Gasteiger partial charge in [-0.2, -0.15) is 10.5 Å². The number of hydrazone groups is 2. The second-order valence-electron chi connectivity index (χ2n) is 3.17. The Kier molecular flexibility index (Phi) is 5.67. The van der Waals surface area contributed by atoms with Crippen LogP contribution in [0.3, 0.4) is 0 Å². The first kappa shape index (κ1) is 13.4. The van der Waals surface area contributed by atoms with Gasteiger partial charge in [0, 0.05) is 30.6 Å². The molecule has 0 fully saturated rings. The Hall–Kier alpha value is -2.64. The zero-order chi connectivity index (χ0) is 13.2.